The van der Waals surface area contributed by atoms with Crippen LogP contribution >= 0.6 is 0 Å². The van der Waals surface area contributed by atoms with E-state index in [9.17, 15) is 21.6 Å². The van der Waals surface area contributed by atoms with Crippen molar-refractivity contribution in [3.05, 3.63) is 29.3 Å². The third-order valence-corrected chi connectivity index (χ3v) is 5.66. The molecule has 4 nitrogen and oxygen atoms in total. The van der Waals surface area contributed by atoms with E-state index in [0.717, 1.165) is 12.1 Å². The highest BCUT2D eigenvalue weighted by Gasteiger charge is 2.35. The van der Waals surface area contributed by atoms with Crippen LogP contribution < -0.4 is 4.90 Å². The van der Waals surface area contributed by atoms with Gasteiger partial charge in [0.25, 0.3) is 0 Å². The Labute approximate surface area is 120 Å². The number of nitrogens with zero attached hydrogens (tertiary/aromatic N) is 2. The van der Waals surface area contributed by atoms with Gasteiger partial charge < -0.3 is 4.90 Å². The Bertz CT molecular complexity index is 692. The lowest BCUT2D eigenvalue weighted by molar-refractivity contribution is -0.137. The van der Waals surface area contributed by atoms with Crippen LogP contribution in [-0.2, 0) is 16.0 Å². The average Bonchev–Trinajstić information content (AvgIpc) is 2.40. The first kappa shape index (κ1) is 15.6. The minimum absolute atomic E-state index is 0.0878. The quantitative estimate of drug-likeness (QED) is 0.796. The normalized spacial score (nSPS) is 21.9. The molecule has 0 bridgehead atoms. The fourth-order valence-electron chi connectivity index (χ4n) is 2.25. The molecule has 0 N–H and O–H groups in total. The Morgan fingerprint density at radius 2 is 2.05 bits per heavy atom. The van der Waals surface area contributed by atoms with Crippen molar-refractivity contribution >= 4 is 15.5 Å². The van der Waals surface area contributed by atoms with Crippen LogP contribution in [0.4, 0.5) is 18.9 Å². The number of alkyl halides is 3. The van der Waals surface area contributed by atoms with Gasteiger partial charge in [0.2, 0.25) is 0 Å². The molecule has 1 aromatic carbocycles. The highest BCUT2D eigenvalue weighted by molar-refractivity contribution is 7.92. The summed E-state index contributed by atoms with van der Waals surface area (Å²) in [5.74, 6) is -0.0878. The van der Waals surface area contributed by atoms with Crippen molar-refractivity contribution in [2.75, 3.05) is 23.7 Å². The van der Waals surface area contributed by atoms with Crippen LogP contribution in [0.25, 0.3) is 0 Å². The second-order valence-corrected chi connectivity index (χ2v) is 7.50. The zero-order chi connectivity index (χ0) is 15.8. The number of anilines is 1. The van der Waals surface area contributed by atoms with E-state index in [1.807, 2.05) is 0 Å². The van der Waals surface area contributed by atoms with Gasteiger partial charge in [0.05, 0.1) is 28.2 Å². The van der Waals surface area contributed by atoms with Crippen LogP contribution in [0.2, 0.25) is 0 Å². The SMILES string of the molecule is CC1CN(c2ccc(C#N)c(C(F)(F)F)c2)CCS1(=O)=O. The van der Waals surface area contributed by atoms with Crippen molar-refractivity contribution in [2.24, 2.45) is 0 Å². The fourth-order valence-corrected chi connectivity index (χ4v) is 3.53. The van der Waals surface area contributed by atoms with E-state index in [-0.39, 0.29) is 24.5 Å². The van der Waals surface area contributed by atoms with Crippen LogP contribution in [-0.4, -0.2) is 32.5 Å². The monoisotopic (exact) mass is 318 g/mol. The Kier molecular flexibility index (Phi) is 3.89. The van der Waals surface area contributed by atoms with E-state index in [1.54, 1.807) is 4.90 Å². The summed E-state index contributed by atoms with van der Waals surface area (Å²) in [5, 5.41) is 8.12. The first-order valence-electron chi connectivity index (χ1n) is 6.23. The van der Waals surface area contributed by atoms with Crippen LogP contribution in [0, 0.1) is 11.3 Å². The van der Waals surface area contributed by atoms with Crippen LogP contribution in [0.3, 0.4) is 0 Å². The number of halogens is 3. The standard InChI is InChI=1S/C13H13F3N2O2S/c1-9-8-18(4-5-21(9,19)20)11-3-2-10(7-17)12(6-11)13(14,15)16/h2-3,6,9H,4-5,8H2,1H3. The molecule has 8 heteroatoms. The van der Waals surface area contributed by atoms with Gasteiger partial charge in [-0.25, -0.2) is 8.42 Å². The van der Waals surface area contributed by atoms with Gasteiger partial charge in [0.1, 0.15) is 0 Å². The first-order valence-corrected chi connectivity index (χ1v) is 7.94. The van der Waals surface area contributed by atoms with Crippen molar-refractivity contribution in [1.82, 2.24) is 0 Å². The van der Waals surface area contributed by atoms with E-state index in [4.69, 9.17) is 5.26 Å². The van der Waals surface area contributed by atoms with E-state index < -0.39 is 32.4 Å². The Hall–Kier alpha value is -1.75. The van der Waals surface area contributed by atoms with Crippen molar-refractivity contribution in [3.8, 4) is 6.07 Å². The van der Waals surface area contributed by atoms with E-state index in [2.05, 4.69) is 0 Å². The van der Waals surface area contributed by atoms with E-state index >= 15 is 0 Å². The molecule has 0 amide bonds. The fraction of sp³-hybridized carbons (Fsp3) is 0.462. The highest BCUT2D eigenvalue weighted by atomic mass is 32.2. The molecule has 0 aromatic heterocycles. The summed E-state index contributed by atoms with van der Waals surface area (Å²) in [6.45, 7) is 1.83. The van der Waals surface area contributed by atoms with Crippen molar-refractivity contribution in [3.63, 3.8) is 0 Å². The second kappa shape index (κ2) is 5.22. The summed E-state index contributed by atoms with van der Waals surface area (Å²) in [6, 6.07) is 4.96. The molecule has 1 atom stereocenters. The molecule has 0 aliphatic carbocycles. The number of rotatable bonds is 1. The van der Waals surface area contributed by atoms with Crippen LogP contribution in [0.15, 0.2) is 18.2 Å². The molecule has 114 valence electrons. The van der Waals surface area contributed by atoms with E-state index in [1.165, 1.54) is 19.1 Å². The summed E-state index contributed by atoms with van der Waals surface area (Å²) in [5.41, 5.74) is -1.16. The number of sulfone groups is 1. The van der Waals surface area contributed by atoms with Gasteiger partial charge in [-0.15, -0.1) is 0 Å². The highest BCUT2D eigenvalue weighted by Crippen LogP contribution is 2.35. The maximum absolute atomic E-state index is 12.9. The maximum Gasteiger partial charge on any atom is 0.417 e. The summed E-state index contributed by atoms with van der Waals surface area (Å²) in [7, 11) is -3.17. The third-order valence-electron chi connectivity index (χ3n) is 3.53. The number of hydrogen-bond acceptors (Lipinski definition) is 4. The predicted molar refractivity (Wildman–Crippen MR) is 71.6 cm³/mol. The van der Waals surface area contributed by atoms with Gasteiger partial charge in [-0.3, -0.25) is 0 Å². The van der Waals surface area contributed by atoms with Crippen molar-refractivity contribution < 1.29 is 21.6 Å². The first-order chi connectivity index (χ1) is 9.65. The molecular weight excluding hydrogens is 305 g/mol. The van der Waals surface area contributed by atoms with Gasteiger partial charge in [-0.05, 0) is 25.1 Å². The summed E-state index contributed by atoms with van der Waals surface area (Å²) in [6.07, 6.45) is -4.62. The zero-order valence-corrected chi connectivity index (χ0v) is 12.0. The lowest BCUT2D eigenvalue weighted by Crippen LogP contribution is -2.45. The van der Waals surface area contributed by atoms with Crippen LogP contribution in [0.1, 0.15) is 18.1 Å². The predicted octanol–water partition coefficient (Wildman–Crippen LogP) is 2.20. The smallest absolute Gasteiger partial charge is 0.369 e. The molecule has 1 heterocycles. The molecular formula is C13H13F3N2O2S. The molecule has 2 rings (SSSR count). The van der Waals surface area contributed by atoms with E-state index in [0.29, 0.717) is 0 Å². The van der Waals surface area contributed by atoms with Crippen molar-refractivity contribution in [2.45, 2.75) is 18.3 Å². The Morgan fingerprint density at radius 3 is 2.57 bits per heavy atom. The lowest BCUT2D eigenvalue weighted by atomic mass is 10.1. The van der Waals surface area contributed by atoms with Gasteiger partial charge in [-0.1, -0.05) is 0 Å². The lowest BCUT2D eigenvalue weighted by Gasteiger charge is -2.33. The zero-order valence-electron chi connectivity index (χ0n) is 11.2. The van der Waals surface area contributed by atoms with Gasteiger partial charge in [0.15, 0.2) is 9.84 Å². The van der Waals surface area contributed by atoms with Gasteiger partial charge >= 0.3 is 6.18 Å². The molecule has 1 unspecified atom stereocenters. The Balaban J connectivity index is 2.37. The van der Waals surface area contributed by atoms with Gasteiger partial charge in [0, 0.05) is 18.8 Å². The molecule has 1 aliphatic rings. The summed E-state index contributed by atoms with van der Waals surface area (Å²) >= 11 is 0. The molecule has 0 spiro atoms. The molecule has 1 aromatic rings. The maximum atomic E-state index is 12.9. The Morgan fingerprint density at radius 1 is 1.38 bits per heavy atom. The number of benzene rings is 1. The molecule has 21 heavy (non-hydrogen) atoms. The molecule has 0 radical (unpaired) electrons. The average molecular weight is 318 g/mol. The second-order valence-electron chi connectivity index (χ2n) is 4.96. The minimum Gasteiger partial charge on any atom is -0.369 e. The number of hydrogen-bond donors (Lipinski definition) is 0. The minimum atomic E-state index is -4.62. The molecule has 1 saturated heterocycles. The molecule has 0 saturated carbocycles. The molecule has 1 fully saturated rings. The third kappa shape index (κ3) is 3.13. The summed E-state index contributed by atoms with van der Waals surface area (Å²) < 4.78 is 62.0. The largest absolute Gasteiger partial charge is 0.417 e. The summed E-state index contributed by atoms with van der Waals surface area (Å²) in [4.78, 5) is 1.60. The molecule has 1 aliphatic heterocycles. The van der Waals surface area contributed by atoms with Crippen molar-refractivity contribution in [1.29, 1.82) is 5.26 Å². The van der Waals surface area contributed by atoms with Crippen LogP contribution in [0.5, 0.6) is 0 Å². The van der Waals surface area contributed by atoms with Gasteiger partial charge in [-0.2, -0.15) is 18.4 Å². The number of nitriles is 1. The topological polar surface area (TPSA) is 61.2 Å².